The summed E-state index contributed by atoms with van der Waals surface area (Å²) in [5.74, 6) is -0.197. The van der Waals surface area contributed by atoms with Crippen molar-refractivity contribution in [1.82, 2.24) is 4.90 Å². The van der Waals surface area contributed by atoms with E-state index in [1.807, 2.05) is 32.9 Å². The summed E-state index contributed by atoms with van der Waals surface area (Å²) in [5, 5.41) is 0.856. The summed E-state index contributed by atoms with van der Waals surface area (Å²) in [4.78, 5) is 37.3. The molecule has 0 unspecified atom stereocenters. The molecular weight excluding hydrogens is 398 g/mol. The van der Waals surface area contributed by atoms with Crippen LogP contribution in [0.1, 0.15) is 35.3 Å². The maximum atomic E-state index is 12.2. The highest BCUT2D eigenvalue weighted by atomic mass is 16.5. The van der Waals surface area contributed by atoms with Gasteiger partial charge in [-0.3, -0.25) is 4.79 Å². The van der Waals surface area contributed by atoms with E-state index in [-0.39, 0.29) is 19.1 Å². The van der Waals surface area contributed by atoms with Crippen LogP contribution >= 0.6 is 0 Å². The number of likely N-dealkylation sites (N-methyl/N-ethyl adjacent to an activating group) is 1. The number of hydrogen-bond acceptors (Lipinski definition) is 6. The van der Waals surface area contributed by atoms with Gasteiger partial charge < -0.3 is 18.8 Å². The van der Waals surface area contributed by atoms with E-state index in [2.05, 4.69) is 0 Å². The Morgan fingerprint density at radius 3 is 2.39 bits per heavy atom. The highest BCUT2D eigenvalue weighted by Gasteiger charge is 2.14. The van der Waals surface area contributed by atoms with Crippen molar-refractivity contribution in [3.05, 3.63) is 75.6 Å². The molecule has 162 valence electrons. The lowest BCUT2D eigenvalue weighted by atomic mass is 10.1. The predicted molar refractivity (Wildman–Crippen MR) is 116 cm³/mol. The Morgan fingerprint density at radius 2 is 1.71 bits per heavy atom. The van der Waals surface area contributed by atoms with E-state index in [0.29, 0.717) is 30.0 Å². The van der Waals surface area contributed by atoms with Crippen molar-refractivity contribution in [2.75, 3.05) is 19.7 Å². The molecule has 0 saturated carbocycles. The number of ether oxygens (including phenoxy) is 2. The second-order valence-electron chi connectivity index (χ2n) is 7.03. The van der Waals surface area contributed by atoms with Crippen LogP contribution in [0.3, 0.4) is 0 Å². The quantitative estimate of drug-likeness (QED) is 0.406. The number of nitrogens with zero attached hydrogens (tertiary/aromatic N) is 1. The van der Waals surface area contributed by atoms with Crippen LogP contribution in [-0.4, -0.2) is 36.5 Å². The molecule has 1 heterocycles. The summed E-state index contributed by atoms with van der Waals surface area (Å²) >= 11 is 0. The number of amides is 1. The zero-order valence-electron chi connectivity index (χ0n) is 17.8. The van der Waals surface area contributed by atoms with Crippen molar-refractivity contribution >= 4 is 22.8 Å². The van der Waals surface area contributed by atoms with Gasteiger partial charge in [-0.2, -0.15) is 0 Å². The van der Waals surface area contributed by atoms with Crippen LogP contribution in [0.15, 0.2) is 57.7 Å². The van der Waals surface area contributed by atoms with E-state index >= 15 is 0 Å². The van der Waals surface area contributed by atoms with Crippen LogP contribution < -0.4 is 10.4 Å². The number of hydrogen-bond donors (Lipinski definition) is 0. The van der Waals surface area contributed by atoms with E-state index in [9.17, 15) is 14.4 Å². The van der Waals surface area contributed by atoms with Crippen LogP contribution in [0.25, 0.3) is 11.0 Å². The van der Waals surface area contributed by atoms with Gasteiger partial charge >= 0.3 is 11.6 Å². The Morgan fingerprint density at radius 1 is 1.00 bits per heavy atom. The smallest absolute Gasteiger partial charge is 0.338 e. The first-order valence-corrected chi connectivity index (χ1v) is 10.1. The second kappa shape index (κ2) is 9.93. The van der Waals surface area contributed by atoms with Gasteiger partial charge in [0.1, 0.15) is 17.9 Å². The van der Waals surface area contributed by atoms with Gasteiger partial charge in [0, 0.05) is 30.6 Å². The number of fused-ring (bicyclic) bond motifs is 1. The highest BCUT2D eigenvalue weighted by molar-refractivity contribution is 5.91. The van der Waals surface area contributed by atoms with Gasteiger partial charge in [-0.15, -0.1) is 0 Å². The van der Waals surface area contributed by atoms with Gasteiger partial charge in [0.15, 0.2) is 6.61 Å². The standard InChI is InChI=1S/C24H25NO6/c1-4-25(5-2)22(26)15-30-24(28)18-8-6-17(7-9-18)14-29-19-10-11-20-16(3)12-23(27)31-21(20)13-19/h6-13H,4-5,14-15H2,1-3H3. The molecule has 0 fully saturated rings. The minimum atomic E-state index is -0.548. The number of aryl methyl sites for hydroxylation is 1. The molecule has 0 bridgehead atoms. The molecule has 3 rings (SSSR count). The molecule has 31 heavy (non-hydrogen) atoms. The summed E-state index contributed by atoms with van der Waals surface area (Å²) in [6.45, 7) is 6.75. The first-order chi connectivity index (χ1) is 14.9. The van der Waals surface area contributed by atoms with Crippen molar-refractivity contribution in [2.24, 2.45) is 0 Å². The van der Waals surface area contributed by atoms with Gasteiger partial charge in [0.25, 0.3) is 5.91 Å². The molecule has 3 aromatic rings. The van der Waals surface area contributed by atoms with E-state index in [1.54, 1.807) is 35.2 Å². The zero-order chi connectivity index (χ0) is 22.4. The molecule has 0 spiro atoms. The molecule has 7 heteroatoms. The SMILES string of the molecule is CCN(CC)C(=O)COC(=O)c1ccc(COc2ccc3c(C)cc(=O)oc3c2)cc1. The maximum Gasteiger partial charge on any atom is 0.338 e. The molecule has 0 saturated heterocycles. The fourth-order valence-electron chi connectivity index (χ4n) is 3.18. The molecule has 0 aliphatic heterocycles. The summed E-state index contributed by atoms with van der Waals surface area (Å²) in [6, 6.07) is 13.6. The monoisotopic (exact) mass is 423 g/mol. The van der Waals surface area contributed by atoms with E-state index in [1.165, 1.54) is 6.07 Å². The van der Waals surface area contributed by atoms with Gasteiger partial charge in [0.2, 0.25) is 0 Å². The third-order valence-electron chi connectivity index (χ3n) is 4.96. The molecule has 2 aromatic carbocycles. The first kappa shape index (κ1) is 22.1. The minimum absolute atomic E-state index is 0.218. The normalized spacial score (nSPS) is 10.7. The molecular formula is C24H25NO6. The number of benzene rings is 2. The number of rotatable bonds is 8. The van der Waals surface area contributed by atoms with E-state index in [4.69, 9.17) is 13.9 Å². The summed E-state index contributed by atoms with van der Waals surface area (Å²) in [7, 11) is 0. The number of carbonyl (C=O) groups is 2. The Bertz CT molecular complexity index is 1130. The summed E-state index contributed by atoms with van der Waals surface area (Å²) in [5.41, 5.74) is 2.13. The topological polar surface area (TPSA) is 86.0 Å². The lowest BCUT2D eigenvalue weighted by Gasteiger charge is -2.18. The molecule has 0 N–H and O–H groups in total. The first-order valence-electron chi connectivity index (χ1n) is 10.1. The predicted octanol–water partition coefficient (Wildman–Crippen LogP) is 3.71. The average molecular weight is 423 g/mol. The molecule has 0 aliphatic rings. The van der Waals surface area contributed by atoms with E-state index < -0.39 is 11.6 Å². The van der Waals surface area contributed by atoms with Gasteiger partial charge in [-0.05, 0) is 56.2 Å². The van der Waals surface area contributed by atoms with Crippen LogP contribution in [0.5, 0.6) is 5.75 Å². The maximum absolute atomic E-state index is 12.2. The largest absolute Gasteiger partial charge is 0.489 e. The molecule has 1 amide bonds. The third-order valence-corrected chi connectivity index (χ3v) is 4.96. The fraction of sp³-hybridized carbons (Fsp3) is 0.292. The Kier molecular flexibility index (Phi) is 7.07. The fourth-order valence-corrected chi connectivity index (χ4v) is 3.18. The molecule has 0 atom stereocenters. The van der Waals surface area contributed by atoms with Crippen molar-refractivity contribution < 1.29 is 23.5 Å². The Hall–Kier alpha value is -3.61. The second-order valence-corrected chi connectivity index (χ2v) is 7.03. The Balaban J connectivity index is 1.58. The van der Waals surface area contributed by atoms with Crippen molar-refractivity contribution in [1.29, 1.82) is 0 Å². The van der Waals surface area contributed by atoms with Crippen molar-refractivity contribution in [3.63, 3.8) is 0 Å². The Labute approximate surface area is 180 Å². The zero-order valence-corrected chi connectivity index (χ0v) is 17.8. The molecule has 1 aromatic heterocycles. The van der Waals surface area contributed by atoms with Gasteiger partial charge in [0.05, 0.1) is 5.56 Å². The highest BCUT2D eigenvalue weighted by Crippen LogP contribution is 2.23. The lowest BCUT2D eigenvalue weighted by Crippen LogP contribution is -2.34. The molecule has 0 radical (unpaired) electrons. The third kappa shape index (κ3) is 5.51. The molecule has 7 nitrogen and oxygen atoms in total. The van der Waals surface area contributed by atoms with Crippen LogP contribution in [0.4, 0.5) is 0 Å². The summed E-state index contributed by atoms with van der Waals surface area (Å²) in [6.07, 6.45) is 0. The van der Waals surface area contributed by atoms with Crippen LogP contribution in [0.2, 0.25) is 0 Å². The number of esters is 1. The average Bonchev–Trinajstić information content (AvgIpc) is 2.76. The van der Waals surface area contributed by atoms with Crippen LogP contribution in [-0.2, 0) is 16.1 Å². The van der Waals surface area contributed by atoms with Crippen molar-refractivity contribution in [3.8, 4) is 5.75 Å². The van der Waals surface area contributed by atoms with Gasteiger partial charge in [-0.1, -0.05) is 12.1 Å². The van der Waals surface area contributed by atoms with Crippen LogP contribution in [0, 0.1) is 6.92 Å². The lowest BCUT2D eigenvalue weighted by molar-refractivity contribution is -0.134. The molecule has 0 aliphatic carbocycles. The van der Waals surface area contributed by atoms with Gasteiger partial charge in [-0.25, -0.2) is 9.59 Å². The van der Waals surface area contributed by atoms with E-state index in [0.717, 1.165) is 16.5 Å². The summed E-state index contributed by atoms with van der Waals surface area (Å²) < 4.78 is 16.1. The van der Waals surface area contributed by atoms with Crippen molar-refractivity contribution in [2.45, 2.75) is 27.4 Å². The minimum Gasteiger partial charge on any atom is -0.489 e. The number of carbonyl (C=O) groups excluding carboxylic acids is 2.